The quantitative estimate of drug-likeness (QED) is 0.203. The molecule has 1 fully saturated rings. The molecular formula is C39H55FN2O6Si. The van der Waals surface area contributed by atoms with Crippen molar-refractivity contribution in [2.45, 2.75) is 117 Å². The molecular weight excluding hydrogens is 640 g/mol. The SMILES string of the molecule is CC(=O)N(CCO[Si](C)(C)C(C)(C)C)[C@H]1CC[C@H](Oc2cc(=O)n(C)cc2-c2cc(C(C)(C)O)ccc2Oc2c(C)cc(F)cc2C)CC1. The molecule has 0 unspecified atom stereocenters. The van der Waals surface area contributed by atoms with E-state index >= 15 is 0 Å². The lowest BCUT2D eigenvalue weighted by atomic mass is 9.91. The summed E-state index contributed by atoms with van der Waals surface area (Å²) in [6.45, 7) is 20.8. The zero-order chi connectivity index (χ0) is 36.5. The van der Waals surface area contributed by atoms with Crippen LogP contribution in [0.25, 0.3) is 11.1 Å². The molecule has 0 radical (unpaired) electrons. The second-order valence-corrected chi connectivity index (χ2v) is 20.4. The average molecular weight is 695 g/mol. The van der Waals surface area contributed by atoms with Gasteiger partial charge in [-0.05, 0) is 112 Å². The molecule has 1 N–H and O–H groups in total. The number of amides is 1. The van der Waals surface area contributed by atoms with E-state index in [0.29, 0.717) is 71.1 Å². The van der Waals surface area contributed by atoms with Crippen LogP contribution >= 0.6 is 0 Å². The highest BCUT2D eigenvalue weighted by Gasteiger charge is 2.37. The van der Waals surface area contributed by atoms with E-state index in [-0.39, 0.29) is 34.5 Å². The van der Waals surface area contributed by atoms with Crippen LogP contribution in [0.4, 0.5) is 4.39 Å². The van der Waals surface area contributed by atoms with Gasteiger partial charge in [0.25, 0.3) is 5.56 Å². The molecule has 268 valence electrons. The topological polar surface area (TPSA) is 90.2 Å². The van der Waals surface area contributed by atoms with Gasteiger partial charge >= 0.3 is 0 Å². The van der Waals surface area contributed by atoms with Crippen molar-refractivity contribution in [1.29, 1.82) is 0 Å². The smallest absolute Gasteiger partial charge is 0.254 e. The lowest BCUT2D eigenvalue weighted by Crippen LogP contribution is -2.47. The van der Waals surface area contributed by atoms with Crippen LogP contribution in [0, 0.1) is 19.7 Å². The Bertz CT molecular complexity index is 1690. The Morgan fingerprint density at radius 3 is 2.14 bits per heavy atom. The number of nitrogens with zero attached hydrogens (tertiary/aromatic N) is 2. The molecule has 49 heavy (non-hydrogen) atoms. The molecule has 4 rings (SSSR count). The summed E-state index contributed by atoms with van der Waals surface area (Å²) in [7, 11) is -0.243. The van der Waals surface area contributed by atoms with Crippen LogP contribution in [0.3, 0.4) is 0 Å². The van der Waals surface area contributed by atoms with Gasteiger partial charge in [0.1, 0.15) is 23.1 Å². The zero-order valence-corrected chi connectivity index (χ0v) is 32.2. The second kappa shape index (κ2) is 14.8. The number of pyridine rings is 1. The predicted molar refractivity (Wildman–Crippen MR) is 196 cm³/mol. The number of carbonyl (C=O) groups excluding carboxylic acids is 1. The van der Waals surface area contributed by atoms with Gasteiger partial charge in [-0.25, -0.2) is 4.39 Å². The van der Waals surface area contributed by atoms with Crippen LogP contribution < -0.4 is 15.0 Å². The third-order valence-corrected chi connectivity index (χ3v) is 14.7. The molecule has 1 aliphatic carbocycles. The number of ether oxygens (including phenoxy) is 2. The van der Waals surface area contributed by atoms with Gasteiger partial charge in [0.05, 0.1) is 18.3 Å². The van der Waals surface area contributed by atoms with E-state index in [2.05, 4.69) is 33.9 Å². The normalized spacial score (nSPS) is 17.2. The number of aliphatic hydroxyl groups is 1. The summed E-state index contributed by atoms with van der Waals surface area (Å²) in [5, 5.41) is 11.0. The summed E-state index contributed by atoms with van der Waals surface area (Å²) < 4.78 is 35.1. The maximum Gasteiger partial charge on any atom is 0.254 e. The number of benzene rings is 2. The van der Waals surface area contributed by atoms with E-state index < -0.39 is 13.9 Å². The number of hydrogen-bond donors (Lipinski definition) is 1. The largest absolute Gasteiger partial charge is 0.490 e. The molecule has 1 aliphatic rings. The maximum absolute atomic E-state index is 14.1. The predicted octanol–water partition coefficient (Wildman–Crippen LogP) is 8.39. The van der Waals surface area contributed by atoms with E-state index in [4.69, 9.17) is 13.9 Å². The highest BCUT2D eigenvalue weighted by Crippen LogP contribution is 2.42. The minimum absolute atomic E-state index is 0.0443. The van der Waals surface area contributed by atoms with Crippen LogP contribution in [0.1, 0.15) is 83.9 Å². The molecule has 10 heteroatoms. The molecule has 0 aliphatic heterocycles. The standard InChI is InChI=1S/C39H55FN2O6Si/c1-25-20-29(40)21-26(2)37(25)48-34-17-12-28(39(7,8)45)22-32(34)33-24-41(9)36(44)23-35(33)47-31-15-13-30(14-16-31)42(27(3)43)18-19-46-49(10,11)38(4,5)6/h12,17,20-24,30-31,45H,13-16,18-19H2,1-11H3/t30-,31-. The number of halogens is 1. The van der Waals surface area contributed by atoms with Crippen LogP contribution in [0.5, 0.6) is 17.2 Å². The van der Waals surface area contributed by atoms with Gasteiger partial charge in [-0.1, -0.05) is 26.8 Å². The first kappa shape index (κ1) is 38.3. The number of rotatable bonds is 11. The van der Waals surface area contributed by atoms with Crippen LogP contribution in [-0.2, 0) is 21.9 Å². The van der Waals surface area contributed by atoms with Gasteiger partial charge in [-0.15, -0.1) is 0 Å². The lowest BCUT2D eigenvalue weighted by Gasteiger charge is -2.39. The van der Waals surface area contributed by atoms with Gasteiger partial charge < -0.3 is 28.5 Å². The Morgan fingerprint density at radius 2 is 1.59 bits per heavy atom. The van der Waals surface area contributed by atoms with Crippen molar-refractivity contribution >= 4 is 14.2 Å². The molecule has 3 aromatic rings. The molecule has 1 aromatic heterocycles. The summed E-state index contributed by atoms with van der Waals surface area (Å²) >= 11 is 0. The molecule has 1 amide bonds. The molecule has 0 bridgehead atoms. The minimum atomic E-state index is -1.92. The fraction of sp³-hybridized carbons (Fsp3) is 0.538. The Morgan fingerprint density at radius 1 is 0.980 bits per heavy atom. The van der Waals surface area contributed by atoms with Crippen molar-refractivity contribution in [2.75, 3.05) is 13.2 Å². The number of aromatic nitrogens is 1. The van der Waals surface area contributed by atoms with E-state index in [1.807, 2.05) is 11.0 Å². The third kappa shape index (κ3) is 9.21. The van der Waals surface area contributed by atoms with Crippen LogP contribution in [0.2, 0.25) is 18.1 Å². The fourth-order valence-electron chi connectivity index (χ4n) is 6.16. The van der Waals surface area contributed by atoms with E-state index in [9.17, 15) is 19.1 Å². The van der Waals surface area contributed by atoms with Gasteiger partial charge in [0.15, 0.2) is 8.32 Å². The van der Waals surface area contributed by atoms with Crippen molar-refractivity contribution in [1.82, 2.24) is 9.47 Å². The van der Waals surface area contributed by atoms with Gasteiger partial charge in [0, 0.05) is 49.9 Å². The molecule has 2 aromatic carbocycles. The first-order chi connectivity index (χ1) is 22.7. The average Bonchev–Trinajstić information content (AvgIpc) is 2.98. The first-order valence-electron chi connectivity index (χ1n) is 17.3. The monoisotopic (exact) mass is 694 g/mol. The Hall–Kier alpha value is -3.47. The van der Waals surface area contributed by atoms with Crippen molar-refractivity contribution < 1.29 is 28.2 Å². The first-order valence-corrected chi connectivity index (χ1v) is 20.2. The fourth-order valence-corrected chi connectivity index (χ4v) is 7.19. The molecule has 0 atom stereocenters. The van der Waals surface area contributed by atoms with Gasteiger partial charge in [0.2, 0.25) is 5.91 Å². The second-order valence-electron chi connectivity index (χ2n) is 15.6. The summed E-state index contributed by atoms with van der Waals surface area (Å²) in [4.78, 5) is 27.6. The summed E-state index contributed by atoms with van der Waals surface area (Å²) in [5.41, 5.74) is 1.85. The van der Waals surface area contributed by atoms with Crippen molar-refractivity contribution in [3.05, 3.63) is 75.5 Å². The number of carbonyl (C=O) groups is 1. The van der Waals surface area contributed by atoms with E-state index in [1.165, 1.54) is 22.8 Å². The van der Waals surface area contributed by atoms with Crippen molar-refractivity contribution in [3.8, 4) is 28.4 Å². The number of hydrogen-bond acceptors (Lipinski definition) is 6. The third-order valence-electron chi connectivity index (χ3n) is 10.2. The van der Waals surface area contributed by atoms with E-state index in [0.717, 1.165) is 12.8 Å². The Labute approximate surface area is 292 Å². The minimum Gasteiger partial charge on any atom is -0.490 e. The summed E-state index contributed by atoms with van der Waals surface area (Å²) in [6.07, 6.45) is 4.54. The number of aryl methyl sites for hydroxylation is 3. The zero-order valence-electron chi connectivity index (χ0n) is 31.2. The lowest BCUT2D eigenvalue weighted by molar-refractivity contribution is -0.132. The molecule has 0 saturated heterocycles. The van der Waals surface area contributed by atoms with Gasteiger partial charge in [-0.3, -0.25) is 9.59 Å². The maximum atomic E-state index is 14.1. The summed E-state index contributed by atoms with van der Waals surface area (Å²) in [6, 6.07) is 9.89. The van der Waals surface area contributed by atoms with Crippen molar-refractivity contribution in [2.24, 2.45) is 7.05 Å². The Balaban J connectivity index is 1.60. The van der Waals surface area contributed by atoms with Crippen LogP contribution in [0.15, 0.2) is 47.4 Å². The summed E-state index contributed by atoms with van der Waals surface area (Å²) in [5.74, 6) is 1.14. The molecule has 1 saturated carbocycles. The Kier molecular flexibility index (Phi) is 11.6. The van der Waals surface area contributed by atoms with E-state index in [1.54, 1.807) is 60.0 Å². The molecule has 1 heterocycles. The highest BCUT2D eigenvalue weighted by molar-refractivity contribution is 6.74. The highest BCUT2D eigenvalue weighted by atomic mass is 28.4. The molecule has 8 nitrogen and oxygen atoms in total. The van der Waals surface area contributed by atoms with Crippen LogP contribution in [-0.4, -0.2) is 54.1 Å². The molecule has 0 spiro atoms. The van der Waals surface area contributed by atoms with Gasteiger partial charge in [-0.2, -0.15) is 0 Å². The van der Waals surface area contributed by atoms with Crippen molar-refractivity contribution in [3.63, 3.8) is 0 Å².